The molecular weight excluding hydrogens is 263 g/mol. The Balaban J connectivity index is 2.68. The monoisotopic (exact) mass is 282 g/mol. The van der Waals surface area contributed by atoms with Gasteiger partial charge in [0, 0.05) is 11.7 Å². The molecule has 1 rings (SSSR count). The van der Waals surface area contributed by atoms with Crippen molar-refractivity contribution in [3.63, 3.8) is 0 Å². The predicted octanol–water partition coefficient (Wildman–Crippen LogP) is 1.94. The summed E-state index contributed by atoms with van der Waals surface area (Å²) in [4.78, 5) is 23.0. The molecule has 0 heterocycles. The fraction of sp³-hybridized carbons (Fsp3) is 0.429. The highest BCUT2D eigenvalue weighted by molar-refractivity contribution is 5.95. The lowest BCUT2D eigenvalue weighted by molar-refractivity contribution is -0.115. The first-order chi connectivity index (χ1) is 9.47. The van der Waals surface area contributed by atoms with Gasteiger partial charge in [-0.05, 0) is 31.5 Å². The van der Waals surface area contributed by atoms with Crippen LogP contribution >= 0.6 is 0 Å². The molecule has 0 saturated heterocycles. The van der Waals surface area contributed by atoms with E-state index in [1.54, 1.807) is 0 Å². The van der Waals surface area contributed by atoms with Crippen molar-refractivity contribution in [2.75, 3.05) is 19.0 Å². The molecule has 20 heavy (non-hydrogen) atoms. The van der Waals surface area contributed by atoms with Crippen LogP contribution in [0.4, 0.5) is 10.1 Å². The highest BCUT2D eigenvalue weighted by atomic mass is 19.1. The van der Waals surface area contributed by atoms with Crippen molar-refractivity contribution >= 4 is 17.6 Å². The number of anilines is 1. The zero-order valence-electron chi connectivity index (χ0n) is 11.8. The Bertz CT molecular complexity index is 491. The molecule has 0 fully saturated rings. The summed E-state index contributed by atoms with van der Waals surface area (Å²) >= 11 is 0. The average Bonchev–Trinajstić information content (AvgIpc) is 2.45. The summed E-state index contributed by atoms with van der Waals surface area (Å²) in [7, 11) is 1.17. The molecule has 1 aromatic rings. The zero-order valence-corrected chi connectivity index (χ0v) is 11.8. The van der Waals surface area contributed by atoms with Crippen molar-refractivity contribution in [2.24, 2.45) is 0 Å². The van der Waals surface area contributed by atoms with Crippen molar-refractivity contribution < 1.29 is 18.7 Å². The van der Waals surface area contributed by atoms with Crippen molar-refractivity contribution in [3.8, 4) is 0 Å². The second kappa shape index (κ2) is 7.59. The molecule has 5 nitrogen and oxygen atoms in total. The number of hydrogen-bond acceptors (Lipinski definition) is 4. The fourth-order valence-electron chi connectivity index (χ4n) is 1.49. The van der Waals surface area contributed by atoms with Gasteiger partial charge in [0.25, 0.3) is 0 Å². The fourth-order valence-corrected chi connectivity index (χ4v) is 1.49. The smallest absolute Gasteiger partial charge is 0.340 e. The summed E-state index contributed by atoms with van der Waals surface area (Å²) in [6.45, 7) is 4.14. The van der Waals surface area contributed by atoms with Gasteiger partial charge in [-0.1, -0.05) is 6.92 Å². The first kappa shape index (κ1) is 16.1. The minimum atomic E-state index is -0.781. The molecule has 1 atom stereocenters. The molecule has 0 aliphatic rings. The lowest BCUT2D eigenvalue weighted by Crippen LogP contribution is -2.34. The van der Waals surface area contributed by atoms with Crippen LogP contribution in [-0.4, -0.2) is 31.6 Å². The third-order valence-corrected chi connectivity index (χ3v) is 2.88. The number of amides is 1. The molecule has 0 spiro atoms. The number of benzene rings is 1. The summed E-state index contributed by atoms with van der Waals surface area (Å²) in [5.74, 6) is -1.73. The predicted molar refractivity (Wildman–Crippen MR) is 74.1 cm³/mol. The molecule has 0 aromatic heterocycles. The van der Waals surface area contributed by atoms with E-state index in [0.717, 1.165) is 12.5 Å². The average molecular weight is 282 g/mol. The third kappa shape index (κ3) is 4.62. The Morgan fingerprint density at radius 3 is 2.70 bits per heavy atom. The van der Waals surface area contributed by atoms with Crippen LogP contribution in [0.2, 0.25) is 0 Å². The highest BCUT2D eigenvalue weighted by Crippen LogP contribution is 2.15. The van der Waals surface area contributed by atoms with E-state index in [1.807, 2.05) is 13.8 Å². The summed E-state index contributed by atoms with van der Waals surface area (Å²) in [6, 6.07) is 3.99. The summed E-state index contributed by atoms with van der Waals surface area (Å²) in [6.07, 6.45) is 0.913. The number of nitrogens with one attached hydrogen (secondary N) is 2. The van der Waals surface area contributed by atoms with Crippen LogP contribution in [0.15, 0.2) is 18.2 Å². The topological polar surface area (TPSA) is 67.4 Å². The van der Waals surface area contributed by atoms with Crippen LogP contribution in [0.1, 0.15) is 30.6 Å². The first-order valence-corrected chi connectivity index (χ1v) is 6.39. The Labute approximate surface area is 117 Å². The van der Waals surface area contributed by atoms with E-state index < -0.39 is 11.8 Å². The lowest BCUT2D eigenvalue weighted by Gasteiger charge is -2.11. The maximum atomic E-state index is 13.4. The molecule has 0 aliphatic heterocycles. The summed E-state index contributed by atoms with van der Waals surface area (Å²) < 4.78 is 17.9. The molecule has 1 amide bonds. The van der Waals surface area contributed by atoms with Crippen LogP contribution in [0.3, 0.4) is 0 Å². The van der Waals surface area contributed by atoms with Crippen molar-refractivity contribution in [3.05, 3.63) is 29.6 Å². The van der Waals surface area contributed by atoms with Gasteiger partial charge in [-0.25, -0.2) is 9.18 Å². The number of hydrogen-bond donors (Lipinski definition) is 2. The Morgan fingerprint density at radius 2 is 2.10 bits per heavy atom. The van der Waals surface area contributed by atoms with Crippen molar-refractivity contribution in [2.45, 2.75) is 26.3 Å². The Kier molecular flexibility index (Phi) is 6.11. The standard InChI is InChI=1S/C14H19FN2O3/c1-4-9(2)16-8-13(18)17-10-5-6-12(15)11(7-10)14(19)20-3/h5-7,9,16H,4,8H2,1-3H3,(H,17,18). The SMILES string of the molecule is CCC(C)NCC(=O)Nc1ccc(F)c(C(=O)OC)c1. The van der Waals surface area contributed by atoms with E-state index in [4.69, 9.17) is 0 Å². The molecule has 2 N–H and O–H groups in total. The lowest BCUT2D eigenvalue weighted by atomic mass is 10.2. The molecule has 1 aromatic carbocycles. The van der Waals surface area contributed by atoms with E-state index in [0.29, 0.717) is 5.69 Å². The maximum Gasteiger partial charge on any atom is 0.340 e. The third-order valence-electron chi connectivity index (χ3n) is 2.88. The van der Waals surface area contributed by atoms with Crippen molar-refractivity contribution in [1.29, 1.82) is 0 Å². The van der Waals surface area contributed by atoms with E-state index >= 15 is 0 Å². The zero-order chi connectivity index (χ0) is 15.1. The van der Waals surface area contributed by atoms with Gasteiger partial charge in [-0.3, -0.25) is 4.79 Å². The van der Waals surface area contributed by atoms with Crippen molar-refractivity contribution in [1.82, 2.24) is 5.32 Å². The number of carbonyl (C=O) groups is 2. The van der Waals surface area contributed by atoms with Gasteiger partial charge < -0.3 is 15.4 Å². The van der Waals surface area contributed by atoms with Crippen LogP contribution < -0.4 is 10.6 Å². The molecular formula is C14H19FN2O3. The molecule has 1 unspecified atom stereocenters. The number of methoxy groups -OCH3 is 1. The summed E-state index contributed by atoms with van der Waals surface area (Å²) in [5.41, 5.74) is 0.142. The molecule has 0 saturated carbocycles. The van der Waals surface area contributed by atoms with Crippen LogP contribution in [0.5, 0.6) is 0 Å². The second-order valence-electron chi connectivity index (χ2n) is 4.42. The summed E-state index contributed by atoms with van der Waals surface area (Å²) in [5, 5.41) is 5.63. The highest BCUT2D eigenvalue weighted by Gasteiger charge is 2.13. The number of carbonyl (C=O) groups excluding carboxylic acids is 2. The van der Waals surface area contributed by atoms with Gasteiger partial charge in [0.15, 0.2) is 0 Å². The first-order valence-electron chi connectivity index (χ1n) is 6.39. The van der Waals surface area contributed by atoms with Crippen LogP contribution in [0.25, 0.3) is 0 Å². The molecule has 0 radical (unpaired) electrons. The van der Waals surface area contributed by atoms with E-state index in [-0.39, 0.29) is 24.1 Å². The van der Waals surface area contributed by atoms with Gasteiger partial charge in [0.05, 0.1) is 19.2 Å². The van der Waals surface area contributed by atoms with Gasteiger partial charge >= 0.3 is 5.97 Å². The van der Waals surface area contributed by atoms with E-state index in [9.17, 15) is 14.0 Å². The number of rotatable bonds is 6. The maximum absolute atomic E-state index is 13.4. The quantitative estimate of drug-likeness (QED) is 0.782. The van der Waals surface area contributed by atoms with Crippen LogP contribution in [0, 0.1) is 5.82 Å². The normalized spacial score (nSPS) is 11.8. The van der Waals surface area contributed by atoms with Gasteiger partial charge in [0.1, 0.15) is 5.82 Å². The molecule has 6 heteroatoms. The van der Waals surface area contributed by atoms with Gasteiger partial charge in [0.2, 0.25) is 5.91 Å². The number of esters is 1. The molecule has 110 valence electrons. The van der Waals surface area contributed by atoms with E-state index in [2.05, 4.69) is 15.4 Å². The second-order valence-corrected chi connectivity index (χ2v) is 4.42. The number of ether oxygens (including phenoxy) is 1. The van der Waals surface area contributed by atoms with Gasteiger partial charge in [-0.2, -0.15) is 0 Å². The number of halogens is 1. The van der Waals surface area contributed by atoms with E-state index in [1.165, 1.54) is 19.2 Å². The largest absolute Gasteiger partial charge is 0.465 e. The van der Waals surface area contributed by atoms with Crippen LogP contribution in [-0.2, 0) is 9.53 Å². The molecule has 0 bridgehead atoms. The van der Waals surface area contributed by atoms with Gasteiger partial charge in [-0.15, -0.1) is 0 Å². The Hall–Kier alpha value is -1.95. The molecule has 0 aliphatic carbocycles. The Morgan fingerprint density at radius 1 is 1.40 bits per heavy atom. The minimum absolute atomic E-state index is 0.153. The minimum Gasteiger partial charge on any atom is -0.465 e.